The molecule has 1 saturated carbocycles. The van der Waals surface area contributed by atoms with Gasteiger partial charge < -0.3 is 9.84 Å². The molecule has 1 saturated heterocycles. The van der Waals surface area contributed by atoms with Crippen LogP contribution in [0.1, 0.15) is 39.0 Å². The van der Waals surface area contributed by atoms with Crippen LogP contribution in [0, 0.1) is 5.41 Å². The van der Waals surface area contributed by atoms with Gasteiger partial charge in [0, 0.05) is 4.43 Å². The molecular formula is C13H19IO3. The van der Waals surface area contributed by atoms with Gasteiger partial charge in [-0.1, -0.05) is 35.6 Å². The van der Waals surface area contributed by atoms with E-state index in [-0.39, 0.29) is 5.60 Å². The standard InChI is InChI=1S/C13H19IO3/c1-3-13(4-2)12(10(15)16)7-5-6-11(8-12,9-14)17-13/h3H,1,4-9H2,2H3,(H,15,16)/t11-,12+,13-/m1/s1. The summed E-state index contributed by atoms with van der Waals surface area (Å²) in [5.41, 5.74) is -1.69. The van der Waals surface area contributed by atoms with Gasteiger partial charge in [-0.3, -0.25) is 4.79 Å². The van der Waals surface area contributed by atoms with Crippen molar-refractivity contribution in [2.75, 3.05) is 4.43 Å². The van der Waals surface area contributed by atoms with E-state index in [1.54, 1.807) is 6.08 Å². The number of halogens is 1. The van der Waals surface area contributed by atoms with E-state index in [0.717, 1.165) is 17.3 Å². The Kier molecular flexibility index (Phi) is 3.32. The topological polar surface area (TPSA) is 46.5 Å². The molecule has 2 rings (SSSR count). The van der Waals surface area contributed by atoms with Crippen molar-refractivity contribution >= 4 is 28.6 Å². The van der Waals surface area contributed by atoms with Crippen molar-refractivity contribution in [3.8, 4) is 0 Å². The van der Waals surface area contributed by atoms with Crippen LogP contribution in [-0.4, -0.2) is 26.7 Å². The van der Waals surface area contributed by atoms with E-state index >= 15 is 0 Å². The van der Waals surface area contributed by atoms with Gasteiger partial charge >= 0.3 is 5.97 Å². The zero-order chi connectivity index (χ0) is 12.7. The van der Waals surface area contributed by atoms with Crippen LogP contribution < -0.4 is 0 Å². The van der Waals surface area contributed by atoms with Crippen LogP contribution >= 0.6 is 22.6 Å². The fourth-order valence-electron chi connectivity index (χ4n) is 3.67. The van der Waals surface area contributed by atoms with E-state index in [0.29, 0.717) is 19.3 Å². The molecule has 0 spiro atoms. The Morgan fingerprint density at radius 3 is 2.76 bits per heavy atom. The maximum absolute atomic E-state index is 11.8. The molecule has 96 valence electrons. The molecule has 1 aliphatic heterocycles. The summed E-state index contributed by atoms with van der Waals surface area (Å²) in [5.74, 6) is -0.717. The van der Waals surface area contributed by atoms with Crippen molar-refractivity contribution in [3.05, 3.63) is 12.7 Å². The van der Waals surface area contributed by atoms with E-state index in [1.807, 2.05) is 6.92 Å². The van der Waals surface area contributed by atoms with Crippen molar-refractivity contribution < 1.29 is 14.6 Å². The Bertz CT molecular complexity index is 353. The summed E-state index contributed by atoms with van der Waals surface area (Å²) in [7, 11) is 0. The van der Waals surface area contributed by atoms with Crippen LogP contribution in [0.4, 0.5) is 0 Å². The highest BCUT2D eigenvalue weighted by atomic mass is 127. The van der Waals surface area contributed by atoms with E-state index in [2.05, 4.69) is 29.2 Å². The molecule has 0 radical (unpaired) electrons. The molecule has 2 fully saturated rings. The van der Waals surface area contributed by atoms with Gasteiger partial charge in [0.25, 0.3) is 0 Å². The minimum atomic E-state index is -0.757. The first kappa shape index (κ1) is 13.3. The number of carboxylic acid groups (broad SMARTS) is 1. The molecule has 2 aliphatic rings. The van der Waals surface area contributed by atoms with E-state index in [1.165, 1.54) is 0 Å². The molecule has 0 aromatic carbocycles. The van der Waals surface area contributed by atoms with Gasteiger partial charge in [-0.2, -0.15) is 0 Å². The molecule has 3 atom stereocenters. The lowest BCUT2D eigenvalue weighted by molar-refractivity contribution is -0.158. The van der Waals surface area contributed by atoms with E-state index in [9.17, 15) is 9.90 Å². The van der Waals surface area contributed by atoms with Crippen LogP contribution in [0.5, 0.6) is 0 Å². The van der Waals surface area contributed by atoms with Crippen molar-refractivity contribution in [2.24, 2.45) is 5.41 Å². The third kappa shape index (κ3) is 1.59. The monoisotopic (exact) mass is 350 g/mol. The van der Waals surface area contributed by atoms with Gasteiger partial charge in [-0.15, -0.1) is 6.58 Å². The normalized spacial score (nSPS) is 44.6. The first-order chi connectivity index (χ1) is 8.00. The number of hydrogen-bond donors (Lipinski definition) is 1. The number of fused-ring (bicyclic) bond motifs is 2. The molecule has 17 heavy (non-hydrogen) atoms. The number of rotatable bonds is 4. The van der Waals surface area contributed by atoms with E-state index in [4.69, 9.17) is 4.74 Å². The summed E-state index contributed by atoms with van der Waals surface area (Å²) in [6.07, 6.45) is 5.67. The Hall–Kier alpha value is -0.100. The SMILES string of the molecule is C=C[C@]1(CC)O[C@]2(CI)CCC[C@@]1(C(=O)O)C2. The zero-order valence-electron chi connectivity index (χ0n) is 10.2. The maximum atomic E-state index is 11.8. The Balaban J connectivity index is 2.53. The lowest BCUT2D eigenvalue weighted by atomic mass is 9.62. The van der Waals surface area contributed by atoms with Crippen LogP contribution in [0.25, 0.3) is 0 Å². The van der Waals surface area contributed by atoms with Gasteiger partial charge in [-0.25, -0.2) is 0 Å². The molecule has 0 aromatic heterocycles. The molecule has 1 heterocycles. The molecule has 0 unspecified atom stereocenters. The highest BCUT2D eigenvalue weighted by molar-refractivity contribution is 14.1. The minimum absolute atomic E-state index is 0.249. The number of aliphatic carboxylic acids is 1. The molecule has 0 amide bonds. The Morgan fingerprint density at radius 2 is 2.29 bits per heavy atom. The van der Waals surface area contributed by atoms with Crippen molar-refractivity contribution in [1.82, 2.24) is 0 Å². The predicted molar refractivity (Wildman–Crippen MR) is 74.5 cm³/mol. The first-order valence-electron chi connectivity index (χ1n) is 6.13. The molecular weight excluding hydrogens is 331 g/mol. The summed E-state index contributed by atoms with van der Waals surface area (Å²) in [5, 5.41) is 9.69. The van der Waals surface area contributed by atoms with Crippen molar-refractivity contribution in [2.45, 2.75) is 50.2 Å². The fraction of sp³-hybridized carbons (Fsp3) is 0.769. The summed E-state index contributed by atoms with van der Waals surface area (Å²) in [6, 6.07) is 0. The minimum Gasteiger partial charge on any atom is -0.481 e. The maximum Gasteiger partial charge on any atom is 0.313 e. The van der Waals surface area contributed by atoms with Gasteiger partial charge in [0.2, 0.25) is 0 Å². The second-order valence-corrected chi connectivity index (χ2v) is 6.05. The number of carboxylic acids is 1. The summed E-state index contributed by atoms with van der Waals surface area (Å²) >= 11 is 2.31. The molecule has 4 heteroatoms. The molecule has 1 N–H and O–H groups in total. The smallest absolute Gasteiger partial charge is 0.313 e. The zero-order valence-corrected chi connectivity index (χ0v) is 12.3. The quantitative estimate of drug-likeness (QED) is 0.481. The average molecular weight is 350 g/mol. The van der Waals surface area contributed by atoms with Crippen LogP contribution in [0.2, 0.25) is 0 Å². The third-order valence-corrected chi connectivity index (χ3v) is 5.97. The van der Waals surface area contributed by atoms with Crippen molar-refractivity contribution in [3.63, 3.8) is 0 Å². The lowest BCUT2D eigenvalue weighted by Gasteiger charge is -2.38. The van der Waals surface area contributed by atoms with Crippen LogP contribution in [-0.2, 0) is 9.53 Å². The second kappa shape index (κ2) is 4.23. The van der Waals surface area contributed by atoms with Crippen LogP contribution in [0.15, 0.2) is 12.7 Å². The first-order valence-corrected chi connectivity index (χ1v) is 7.65. The Morgan fingerprint density at radius 1 is 1.59 bits per heavy atom. The second-order valence-electron chi connectivity index (χ2n) is 5.28. The average Bonchev–Trinajstić information content (AvgIpc) is 2.56. The van der Waals surface area contributed by atoms with Gasteiger partial charge in [0.15, 0.2) is 0 Å². The van der Waals surface area contributed by atoms with Gasteiger partial charge in [0.05, 0.1) is 5.60 Å². The third-order valence-electron chi connectivity index (χ3n) is 4.58. The number of carbonyl (C=O) groups is 1. The molecule has 1 aliphatic carbocycles. The summed E-state index contributed by atoms with van der Waals surface area (Å²) in [6.45, 7) is 5.84. The van der Waals surface area contributed by atoms with Crippen molar-refractivity contribution in [1.29, 1.82) is 0 Å². The van der Waals surface area contributed by atoms with Gasteiger partial charge in [0.1, 0.15) is 11.0 Å². The van der Waals surface area contributed by atoms with Crippen LogP contribution in [0.3, 0.4) is 0 Å². The molecule has 3 nitrogen and oxygen atoms in total. The summed E-state index contributed by atoms with van der Waals surface area (Å²) in [4.78, 5) is 11.8. The number of alkyl halides is 1. The highest BCUT2D eigenvalue weighted by Crippen LogP contribution is 2.61. The van der Waals surface area contributed by atoms with Gasteiger partial charge in [-0.05, 0) is 32.1 Å². The largest absolute Gasteiger partial charge is 0.481 e. The molecule has 2 bridgehead atoms. The van der Waals surface area contributed by atoms with E-state index < -0.39 is 17.0 Å². The highest BCUT2D eigenvalue weighted by Gasteiger charge is 2.67. The Labute approximate surface area is 116 Å². The lowest BCUT2D eigenvalue weighted by Crippen LogP contribution is -2.48. The molecule has 0 aromatic rings. The number of ether oxygens (including phenoxy) is 1. The predicted octanol–water partition coefficient (Wildman–Crippen LogP) is 3.17. The number of hydrogen-bond acceptors (Lipinski definition) is 2. The fourth-order valence-corrected chi connectivity index (χ4v) is 4.48. The summed E-state index contributed by atoms with van der Waals surface area (Å²) < 4.78 is 7.12.